The van der Waals surface area contributed by atoms with Crippen molar-refractivity contribution in [3.63, 3.8) is 0 Å². The summed E-state index contributed by atoms with van der Waals surface area (Å²) in [5.74, 6) is 0. The lowest BCUT2D eigenvalue weighted by Crippen LogP contribution is -2.50. The van der Waals surface area contributed by atoms with Crippen molar-refractivity contribution in [2.24, 2.45) is 0 Å². The van der Waals surface area contributed by atoms with Gasteiger partial charge in [-0.05, 0) is 44.0 Å². The zero-order valence-electron chi connectivity index (χ0n) is 16.0. The fraction of sp³-hybridized carbons (Fsp3) is 0.333. The van der Waals surface area contributed by atoms with E-state index in [4.69, 9.17) is 4.98 Å². The molecule has 1 fully saturated rings. The number of benzene rings is 2. The number of carbonyl (C=O) groups excluding carboxylic acids is 1. The first kappa shape index (κ1) is 17.8. The lowest BCUT2D eigenvalue weighted by atomic mass is 10.1. The summed E-state index contributed by atoms with van der Waals surface area (Å²) in [7, 11) is 0. The summed E-state index contributed by atoms with van der Waals surface area (Å²) in [5.41, 5.74) is 5.62. The van der Waals surface area contributed by atoms with Crippen LogP contribution in [0.4, 0.5) is 15.6 Å². The van der Waals surface area contributed by atoms with Crippen molar-refractivity contribution >= 4 is 38.4 Å². The van der Waals surface area contributed by atoms with Crippen molar-refractivity contribution in [2.75, 3.05) is 36.4 Å². The predicted octanol–water partition coefficient (Wildman–Crippen LogP) is 4.58. The topological polar surface area (TPSA) is 48.5 Å². The van der Waals surface area contributed by atoms with Crippen LogP contribution in [0.15, 0.2) is 36.4 Å². The second-order valence-electron chi connectivity index (χ2n) is 7.14. The van der Waals surface area contributed by atoms with Gasteiger partial charge in [0.2, 0.25) is 0 Å². The van der Waals surface area contributed by atoms with Gasteiger partial charge < -0.3 is 15.1 Å². The summed E-state index contributed by atoms with van der Waals surface area (Å²) in [6, 6.07) is 12.1. The number of aromatic nitrogens is 1. The zero-order chi connectivity index (χ0) is 19.0. The summed E-state index contributed by atoms with van der Waals surface area (Å²) >= 11 is 1.75. The molecule has 140 valence electrons. The van der Waals surface area contributed by atoms with Gasteiger partial charge in [0.15, 0.2) is 5.13 Å². The Morgan fingerprint density at radius 2 is 1.63 bits per heavy atom. The minimum atomic E-state index is -0.0329. The number of thiazole rings is 1. The Bertz CT molecular complexity index is 933. The van der Waals surface area contributed by atoms with Gasteiger partial charge in [-0.15, -0.1) is 0 Å². The first-order chi connectivity index (χ1) is 13.0. The standard InChI is InChI=1S/C21H24N4OS/c1-14-4-8-17(9-5-14)22-20(26)24-10-12-25(13-11-24)21-23-18-15(2)6-7-16(3)19(18)27-21/h4-9H,10-13H2,1-3H3,(H,22,26). The number of amides is 2. The maximum Gasteiger partial charge on any atom is 0.321 e. The van der Waals surface area contributed by atoms with E-state index in [0.29, 0.717) is 13.1 Å². The van der Waals surface area contributed by atoms with Gasteiger partial charge in [-0.1, -0.05) is 41.2 Å². The van der Waals surface area contributed by atoms with E-state index in [0.717, 1.165) is 29.4 Å². The minimum absolute atomic E-state index is 0.0329. The van der Waals surface area contributed by atoms with Crippen LogP contribution in [-0.4, -0.2) is 42.1 Å². The van der Waals surface area contributed by atoms with E-state index in [9.17, 15) is 4.79 Å². The van der Waals surface area contributed by atoms with Crippen molar-refractivity contribution in [2.45, 2.75) is 20.8 Å². The van der Waals surface area contributed by atoms with Gasteiger partial charge in [0.1, 0.15) is 0 Å². The molecule has 27 heavy (non-hydrogen) atoms. The molecule has 2 aromatic carbocycles. The van der Waals surface area contributed by atoms with Crippen LogP contribution in [0.3, 0.4) is 0 Å². The number of piperazine rings is 1. The predicted molar refractivity (Wildman–Crippen MR) is 113 cm³/mol. The fourth-order valence-electron chi connectivity index (χ4n) is 3.32. The van der Waals surface area contributed by atoms with Gasteiger partial charge in [0, 0.05) is 31.9 Å². The Morgan fingerprint density at radius 1 is 0.963 bits per heavy atom. The van der Waals surface area contributed by atoms with Crippen LogP contribution in [0.2, 0.25) is 0 Å². The lowest BCUT2D eigenvalue weighted by Gasteiger charge is -2.34. The molecule has 0 bridgehead atoms. The average molecular weight is 381 g/mol. The quantitative estimate of drug-likeness (QED) is 0.708. The molecule has 0 radical (unpaired) electrons. The number of urea groups is 1. The number of hydrogen-bond acceptors (Lipinski definition) is 4. The van der Waals surface area contributed by atoms with E-state index in [1.54, 1.807) is 11.3 Å². The summed E-state index contributed by atoms with van der Waals surface area (Å²) in [4.78, 5) is 21.5. The number of carbonyl (C=O) groups is 1. The van der Waals surface area contributed by atoms with Crippen molar-refractivity contribution in [3.8, 4) is 0 Å². The Hall–Kier alpha value is -2.60. The van der Waals surface area contributed by atoms with Gasteiger partial charge in [0.05, 0.1) is 10.2 Å². The molecule has 0 unspecified atom stereocenters. The molecule has 5 nitrogen and oxygen atoms in total. The molecule has 1 aliphatic heterocycles. The largest absolute Gasteiger partial charge is 0.345 e. The van der Waals surface area contributed by atoms with E-state index < -0.39 is 0 Å². The van der Waals surface area contributed by atoms with Crippen LogP contribution in [0.1, 0.15) is 16.7 Å². The number of anilines is 2. The molecule has 0 spiro atoms. The monoisotopic (exact) mass is 380 g/mol. The van der Waals surface area contributed by atoms with Crippen molar-refractivity contribution in [3.05, 3.63) is 53.1 Å². The van der Waals surface area contributed by atoms with Crippen molar-refractivity contribution in [1.82, 2.24) is 9.88 Å². The molecule has 6 heteroatoms. The van der Waals surface area contributed by atoms with E-state index in [-0.39, 0.29) is 6.03 Å². The highest BCUT2D eigenvalue weighted by Gasteiger charge is 2.23. The highest BCUT2D eigenvalue weighted by molar-refractivity contribution is 7.22. The third-order valence-electron chi connectivity index (χ3n) is 5.07. The molecule has 0 saturated carbocycles. The Balaban J connectivity index is 1.41. The second kappa shape index (κ2) is 7.19. The molecule has 3 aromatic rings. The molecule has 2 heterocycles. The average Bonchev–Trinajstić information content (AvgIpc) is 3.14. The second-order valence-corrected chi connectivity index (χ2v) is 8.12. The Labute approximate surface area is 163 Å². The zero-order valence-corrected chi connectivity index (χ0v) is 16.8. The SMILES string of the molecule is Cc1ccc(NC(=O)N2CCN(c3nc4c(C)ccc(C)c4s3)CC2)cc1. The van der Waals surface area contributed by atoms with Crippen molar-refractivity contribution in [1.29, 1.82) is 0 Å². The molecule has 0 atom stereocenters. The molecule has 1 N–H and O–H groups in total. The normalized spacial score (nSPS) is 14.6. The molecule has 1 aromatic heterocycles. The van der Waals surface area contributed by atoms with E-state index in [2.05, 4.69) is 36.2 Å². The number of aryl methyl sites for hydroxylation is 3. The smallest absolute Gasteiger partial charge is 0.321 e. The van der Waals surface area contributed by atoms with E-state index >= 15 is 0 Å². The van der Waals surface area contributed by atoms with Gasteiger partial charge >= 0.3 is 6.03 Å². The van der Waals surface area contributed by atoms with Gasteiger partial charge in [-0.2, -0.15) is 0 Å². The van der Waals surface area contributed by atoms with Gasteiger partial charge in [-0.25, -0.2) is 9.78 Å². The maximum atomic E-state index is 12.5. The summed E-state index contributed by atoms with van der Waals surface area (Å²) in [5, 5.41) is 4.04. The highest BCUT2D eigenvalue weighted by Crippen LogP contribution is 2.33. The molecular weight excluding hydrogens is 356 g/mol. The lowest BCUT2D eigenvalue weighted by molar-refractivity contribution is 0.208. The third kappa shape index (κ3) is 3.62. The Kier molecular flexibility index (Phi) is 4.74. The first-order valence-corrected chi connectivity index (χ1v) is 10.1. The molecule has 1 aliphatic rings. The number of fused-ring (bicyclic) bond motifs is 1. The number of hydrogen-bond donors (Lipinski definition) is 1. The molecule has 1 saturated heterocycles. The summed E-state index contributed by atoms with van der Waals surface area (Å²) < 4.78 is 1.27. The summed E-state index contributed by atoms with van der Waals surface area (Å²) in [6.45, 7) is 9.29. The molecular formula is C21H24N4OS. The van der Waals surface area contributed by atoms with Crippen LogP contribution in [0.25, 0.3) is 10.2 Å². The fourth-order valence-corrected chi connectivity index (χ4v) is 4.49. The number of nitrogens with zero attached hydrogens (tertiary/aromatic N) is 3. The highest BCUT2D eigenvalue weighted by atomic mass is 32.1. The number of rotatable bonds is 2. The van der Waals surface area contributed by atoms with Gasteiger partial charge in [-0.3, -0.25) is 0 Å². The molecule has 2 amide bonds. The Morgan fingerprint density at radius 3 is 2.30 bits per heavy atom. The summed E-state index contributed by atoms with van der Waals surface area (Å²) in [6.07, 6.45) is 0. The van der Waals surface area contributed by atoms with Gasteiger partial charge in [0.25, 0.3) is 0 Å². The van der Waals surface area contributed by atoms with Crippen molar-refractivity contribution < 1.29 is 4.79 Å². The van der Waals surface area contributed by atoms with Crippen LogP contribution in [0.5, 0.6) is 0 Å². The van der Waals surface area contributed by atoms with Crippen LogP contribution >= 0.6 is 11.3 Å². The van der Waals surface area contributed by atoms with Crippen LogP contribution in [0, 0.1) is 20.8 Å². The van der Waals surface area contributed by atoms with Crippen LogP contribution < -0.4 is 10.2 Å². The third-order valence-corrected chi connectivity index (χ3v) is 6.32. The molecule has 0 aliphatic carbocycles. The first-order valence-electron chi connectivity index (χ1n) is 9.25. The van der Waals surface area contributed by atoms with Crippen LogP contribution in [-0.2, 0) is 0 Å². The maximum absolute atomic E-state index is 12.5. The minimum Gasteiger partial charge on any atom is -0.345 e. The van der Waals surface area contributed by atoms with E-state index in [1.165, 1.54) is 21.4 Å². The number of nitrogens with one attached hydrogen (secondary N) is 1. The molecule has 4 rings (SSSR count). The van der Waals surface area contributed by atoms with E-state index in [1.807, 2.05) is 36.1 Å².